The minimum Gasteiger partial charge on any atom is -0.484 e. The van der Waals surface area contributed by atoms with Crippen molar-refractivity contribution in [2.24, 2.45) is 10.7 Å². The maximum atomic E-state index is 10.8. The van der Waals surface area contributed by atoms with E-state index in [-0.39, 0.29) is 6.61 Å². The average molecular weight is 354 g/mol. The van der Waals surface area contributed by atoms with Crippen LogP contribution in [-0.4, -0.2) is 25.5 Å². The quantitative estimate of drug-likeness (QED) is 0.524. The molecule has 0 heterocycles. The highest BCUT2D eigenvalue weighted by Crippen LogP contribution is 2.13. The largest absolute Gasteiger partial charge is 0.484 e. The second kappa shape index (κ2) is 9.46. The van der Waals surface area contributed by atoms with Crippen LogP contribution in [0.3, 0.4) is 0 Å². The zero-order chi connectivity index (χ0) is 18.9. The SMILES string of the molecule is CN=C(NCc1cccc(OCC(N)=O)c1)NCc1ccc(C)cc1C. The van der Waals surface area contributed by atoms with Gasteiger partial charge in [0.05, 0.1) is 0 Å². The smallest absolute Gasteiger partial charge is 0.255 e. The van der Waals surface area contributed by atoms with Crippen molar-refractivity contribution in [1.29, 1.82) is 0 Å². The molecular weight excluding hydrogens is 328 g/mol. The van der Waals surface area contributed by atoms with Crippen molar-refractivity contribution >= 4 is 11.9 Å². The second-order valence-corrected chi connectivity index (χ2v) is 6.11. The number of amides is 1. The van der Waals surface area contributed by atoms with Gasteiger partial charge in [-0.05, 0) is 42.7 Å². The molecule has 0 unspecified atom stereocenters. The number of carbonyl (C=O) groups is 1. The zero-order valence-electron chi connectivity index (χ0n) is 15.5. The summed E-state index contributed by atoms with van der Waals surface area (Å²) in [5.41, 5.74) is 9.86. The molecule has 0 radical (unpaired) electrons. The van der Waals surface area contributed by atoms with Crippen molar-refractivity contribution < 1.29 is 9.53 Å². The molecule has 6 heteroatoms. The van der Waals surface area contributed by atoms with Crippen LogP contribution in [-0.2, 0) is 17.9 Å². The summed E-state index contributed by atoms with van der Waals surface area (Å²) in [5, 5.41) is 6.59. The number of rotatable bonds is 7. The summed E-state index contributed by atoms with van der Waals surface area (Å²) in [5.74, 6) is 0.833. The van der Waals surface area contributed by atoms with Gasteiger partial charge in [0.2, 0.25) is 0 Å². The summed E-state index contributed by atoms with van der Waals surface area (Å²) in [4.78, 5) is 15.1. The molecule has 26 heavy (non-hydrogen) atoms. The van der Waals surface area contributed by atoms with Gasteiger partial charge in [0.1, 0.15) is 5.75 Å². The molecule has 0 bridgehead atoms. The Bertz CT molecular complexity index is 787. The van der Waals surface area contributed by atoms with E-state index in [0.717, 1.165) is 5.56 Å². The van der Waals surface area contributed by atoms with E-state index < -0.39 is 5.91 Å². The molecule has 6 nitrogen and oxygen atoms in total. The van der Waals surface area contributed by atoms with Gasteiger partial charge in [0.15, 0.2) is 12.6 Å². The molecule has 0 aliphatic heterocycles. The molecule has 0 atom stereocenters. The number of aliphatic imine (C=N–C) groups is 1. The van der Waals surface area contributed by atoms with Gasteiger partial charge in [-0.15, -0.1) is 0 Å². The van der Waals surface area contributed by atoms with Crippen molar-refractivity contribution in [3.8, 4) is 5.75 Å². The topological polar surface area (TPSA) is 88.7 Å². The third-order valence-corrected chi connectivity index (χ3v) is 3.91. The third kappa shape index (κ3) is 6.12. The highest BCUT2D eigenvalue weighted by atomic mass is 16.5. The molecule has 0 aliphatic carbocycles. The Morgan fingerprint density at radius 1 is 1.12 bits per heavy atom. The Morgan fingerprint density at radius 3 is 2.58 bits per heavy atom. The van der Waals surface area contributed by atoms with Crippen LogP contribution in [0.2, 0.25) is 0 Å². The molecule has 2 aromatic carbocycles. The van der Waals surface area contributed by atoms with Crippen molar-refractivity contribution in [2.45, 2.75) is 26.9 Å². The normalized spacial score (nSPS) is 11.1. The Balaban J connectivity index is 1.88. The number of hydrogen-bond donors (Lipinski definition) is 3. The van der Waals surface area contributed by atoms with Gasteiger partial charge in [-0.2, -0.15) is 0 Å². The van der Waals surface area contributed by atoms with E-state index in [2.05, 4.69) is 47.7 Å². The molecular formula is C20H26N4O2. The third-order valence-electron chi connectivity index (χ3n) is 3.91. The molecule has 4 N–H and O–H groups in total. The van der Waals surface area contributed by atoms with E-state index in [1.165, 1.54) is 16.7 Å². The molecule has 0 saturated heterocycles. The number of nitrogens with zero attached hydrogens (tertiary/aromatic N) is 1. The van der Waals surface area contributed by atoms with Gasteiger partial charge in [0.25, 0.3) is 5.91 Å². The fourth-order valence-corrected chi connectivity index (χ4v) is 2.53. The summed E-state index contributed by atoms with van der Waals surface area (Å²) in [7, 11) is 1.74. The fraction of sp³-hybridized carbons (Fsp3) is 0.300. The van der Waals surface area contributed by atoms with Gasteiger partial charge in [-0.25, -0.2) is 0 Å². The van der Waals surface area contributed by atoms with Gasteiger partial charge >= 0.3 is 0 Å². The molecule has 138 valence electrons. The maximum absolute atomic E-state index is 10.8. The lowest BCUT2D eigenvalue weighted by Crippen LogP contribution is -2.36. The minimum absolute atomic E-state index is 0.129. The Labute approximate surface area is 154 Å². The summed E-state index contributed by atoms with van der Waals surface area (Å²) in [6, 6.07) is 13.9. The van der Waals surface area contributed by atoms with Crippen molar-refractivity contribution in [3.05, 3.63) is 64.7 Å². The van der Waals surface area contributed by atoms with Gasteiger partial charge < -0.3 is 21.1 Å². The lowest BCUT2D eigenvalue weighted by molar-refractivity contribution is -0.119. The first-order valence-corrected chi connectivity index (χ1v) is 8.48. The van der Waals surface area contributed by atoms with Gasteiger partial charge in [-0.3, -0.25) is 9.79 Å². The van der Waals surface area contributed by atoms with Crippen molar-refractivity contribution in [2.75, 3.05) is 13.7 Å². The minimum atomic E-state index is -0.496. The van der Waals surface area contributed by atoms with Gasteiger partial charge in [0, 0.05) is 20.1 Å². The number of nitrogens with one attached hydrogen (secondary N) is 2. The first-order chi connectivity index (χ1) is 12.5. The highest BCUT2D eigenvalue weighted by molar-refractivity contribution is 5.79. The Kier molecular flexibility index (Phi) is 7.02. The number of nitrogens with two attached hydrogens (primary N) is 1. The van der Waals surface area contributed by atoms with Crippen LogP contribution in [0.4, 0.5) is 0 Å². The second-order valence-electron chi connectivity index (χ2n) is 6.11. The number of primary amides is 1. The summed E-state index contributed by atoms with van der Waals surface area (Å²) >= 11 is 0. The first-order valence-electron chi connectivity index (χ1n) is 8.48. The first kappa shape index (κ1) is 19.3. The monoisotopic (exact) mass is 354 g/mol. The number of guanidine groups is 1. The molecule has 0 saturated carbocycles. The van der Waals surface area contributed by atoms with Crippen LogP contribution in [0.1, 0.15) is 22.3 Å². The predicted octanol–water partition coefficient (Wildman–Crippen LogP) is 2.03. The van der Waals surface area contributed by atoms with Crippen molar-refractivity contribution in [3.63, 3.8) is 0 Å². The number of aryl methyl sites for hydroxylation is 2. The molecule has 0 aliphatic rings. The maximum Gasteiger partial charge on any atom is 0.255 e. The number of ether oxygens (including phenoxy) is 1. The molecule has 2 rings (SSSR count). The summed E-state index contributed by atoms with van der Waals surface area (Å²) in [6.07, 6.45) is 0. The Morgan fingerprint density at radius 2 is 1.88 bits per heavy atom. The lowest BCUT2D eigenvalue weighted by atomic mass is 10.1. The van der Waals surface area contributed by atoms with Crippen LogP contribution < -0.4 is 21.1 Å². The van der Waals surface area contributed by atoms with Gasteiger partial charge in [-0.1, -0.05) is 35.9 Å². The van der Waals surface area contributed by atoms with Crippen LogP contribution >= 0.6 is 0 Å². The fourth-order valence-electron chi connectivity index (χ4n) is 2.53. The summed E-state index contributed by atoms with van der Waals surface area (Å²) in [6.45, 7) is 5.35. The van der Waals surface area contributed by atoms with E-state index in [4.69, 9.17) is 10.5 Å². The van der Waals surface area contributed by atoms with E-state index >= 15 is 0 Å². The number of carbonyl (C=O) groups excluding carboxylic acids is 1. The van der Waals surface area contributed by atoms with Crippen molar-refractivity contribution in [1.82, 2.24) is 10.6 Å². The average Bonchev–Trinajstić information content (AvgIpc) is 2.62. The van der Waals surface area contributed by atoms with Crippen LogP contribution in [0.25, 0.3) is 0 Å². The number of hydrogen-bond acceptors (Lipinski definition) is 3. The molecule has 0 spiro atoms. The lowest BCUT2D eigenvalue weighted by Gasteiger charge is -2.14. The standard InChI is InChI=1S/C20H26N4O2/c1-14-7-8-17(15(2)9-14)12-24-20(22-3)23-11-16-5-4-6-18(10-16)26-13-19(21)25/h4-10H,11-13H2,1-3H3,(H2,21,25)(H2,22,23,24). The van der Waals surface area contributed by atoms with E-state index in [1.54, 1.807) is 13.1 Å². The van der Waals surface area contributed by atoms with E-state index in [1.807, 2.05) is 18.2 Å². The molecule has 0 fully saturated rings. The van der Waals surface area contributed by atoms with Crippen LogP contribution in [0.5, 0.6) is 5.75 Å². The highest BCUT2D eigenvalue weighted by Gasteiger charge is 2.03. The van der Waals surface area contributed by atoms with E-state index in [9.17, 15) is 4.79 Å². The summed E-state index contributed by atoms with van der Waals surface area (Å²) < 4.78 is 5.32. The van der Waals surface area contributed by atoms with E-state index in [0.29, 0.717) is 24.8 Å². The Hall–Kier alpha value is -3.02. The molecule has 1 amide bonds. The van der Waals surface area contributed by atoms with Crippen LogP contribution in [0, 0.1) is 13.8 Å². The number of benzene rings is 2. The molecule has 0 aromatic heterocycles. The van der Waals surface area contributed by atoms with Crippen LogP contribution in [0.15, 0.2) is 47.5 Å². The zero-order valence-corrected chi connectivity index (χ0v) is 15.5. The predicted molar refractivity (Wildman–Crippen MR) is 104 cm³/mol. The molecule has 2 aromatic rings.